The van der Waals surface area contributed by atoms with Gasteiger partial charge in [-0.3, -0.25) is 0 Å². The standard InChI is InChI=1S/C15H17NS2.Bi.3H/c16-15(17)18(11-13-7-3-1-4-8-13)12-14-9-5-2-6-10-14;;;;/h1-10,18H,11-12H2,(H2,16,17);;;;. The molecule has 0 radical (unpaired) electrons. The van der Waals surface area contributed by atoms with Crippen molar-refractivity contribution >= 4 is 53.6 Å². The first kappa shape index (κ1) is 16.6. The third-order valence-corrected chi connectivity index (χ3v) is 5.64. The van der Waals surface area contributed by atoms with Gasteiger partial charge < -0.3 is 5.73 Å². The number of benzene rings is 2. The maximum absolute atomic E-state index is 5.89. The molecule has 0 aliphatic heterocycles. The van der Waals surface area contributed by atoms with Gasteiger partial charge >= 0.3 is 26.2 Å². The minimum atomic E-state index is -0.463. The average Bonchev–Trinajstić information content (AvgIpc) is 2.40. The normalized spacial score (nSPS) is 10.4. The Bertz CT molecular complexity index is 461. The molecule has 2 aromatic carbocycles. The molecule has 0 saturated carbocycles. The molecule has 0 spiro atoms. The van der Waals surface area contributed by atoms with Gasteiger partial charge in [0, 0.05) is 11.5 Å². The van der Waals surface area contributed by atoms with E-state index >= 15 is 0 Å². The zero-order valence-corrected chi connectivity index (χ0v) is 18.0. The van der Waals surface area contributed by atoms with Crippen molar-refractivity contribution in [2.45, 2.75) is 11.5 Å². The Labute approximate surface area is 142 Å². The molecule has 2 aromatic rings. The van der Waals surface area contributed by atoms with E-state index in [4.69, 9.17) is 18.0 Å². The maximum atomic E-state index is 5.89. The van der Waals surface area contributed by atoms with E-state index in [1.165, 1.54) is 11.1 Å². The quantitative estimate of drug-likeness (QED) is 0.394. The van der Waals surface area contributed by atoms with Crippen LogP contribution in [0.1, 0.15) is 11.1 Å². The van der Waals surface area contributed by atoms with Gasteiger partial charge in [-0.05, 0) is 11.1 Å². The summed E-state index contributed by atoms with van der Waals surface area (Å²) in [7, 11) is -0.463. The zero-order chi connectivity index (χ0) is 12.8. The van der Waals surface area contributed by atoms with Gasteiger partial charge in [0.2, 0.25) is 0 Å². The second-order valence-corrected chi connectivity index (χ2v) is 7.10. The van der Waals surface area contributed by atoms with Crippen molar-refractivity contribution < 1.29 is 0 Å². The van der Waals surface area contributed by atoms with Gasteiger partial charge in [-0.15, -0.1) is 0 Å². The Morgan fingerprint density at radius 2 is 1.21 bits per heavy atom. The summed E-state index contributed by atoms with van der Waals surface area (Å²) in [4.78, 5) is 0. The molecule has 0 amide bonds. The summed E-state index contributed by atoms with van der Waals surface area (Å²) in [5.74, 6) is 1.95. The summed E-state index contributed by atoms with van der Waals surface area (Å²) < 4.78 is 0.665. The van der Waals surface area contributed by atoms with E-state index in [0.29, 0.717) is 4.32 Å². The van der Waals surface area contributed by atoms with Crippen molar-refractivity contribution in [1.82, 2.24) is 0 Å². The second kappa shape index (κ2) is 8.68. The van der Waals surface area contributed by atoms with Crippen molar-refractivity contribution in [1.29, 1.82) is 0 Å². The molecule has 0 bridgehead atoms. The molecule has 0 atom stereocenters. The van der Waals surface area contributed by atoms with Gasteiger partial charge in [0.05, 0.1) is 0 Å². The van der Waals surface area contributed by atoms with Crippen LogP contribution in [-0.4, -0.2) is 30.5 Å². The van der Waals surface area contributed by atoms with Crippen LogP contribution in [0.5, 0.6) is 0 Å². The van der Waals surface area contributed by atoms with Gasteiger partial charge in [0.1, 0.15) is 4.32 Å². The summed E-state index contributed by atoms with van der Waals surface area (Å²) in [5.41, 5.74) is 8.52. The fourth-order valence-corrected chi connectivity index (χ4v) is 3.93. The molecule has 0 fully saturated rings. The van der Waals surface area contributed by atoms with Gasteiger partial charge in [-0.25, -0.2) is 0 Å². The summed E-state index contributed by atoms with van der Waals surface area (Å²) in [6.45, 7) is 0. The zero-order valence-electron chi connectivity index (χ0n) is 10.8. The average molecular weight is 487 g/mol. The molecule has 0 aromatic heterocycles. The first-order chi connectivity index (χ1) is 8.75. The molecular formula is C15H20BiNS2. The van der Waals surface area contributed by atoms with Crippen LogP contribution in [0.4, 0.5) is 0 Å². The number of thiocarbonyl (C=S) groups is 1. The number of hydrogen-bond donors (Lipinski definition) is 2. The molecule has 0 aliphatic rings. The molecule has 0 aliphatic carbocycles. The number of rotatable bonds is 4. The molecule has 4 heteroatoms. The van der Waals surface area contributed by atoms with E-state index in [-0.39, 0.29) is 26.2 Å². The molecule has 2 rings (SSSR count). The van der Waals surface area contributed by atoms with Crippen molar-refractivity contribution in [3.63, 3.8) is 0 Å². The molecule has 0 heterocycles. The number of hydrogen-bond acceptors (Lipinski definition) is 1. The fraction of sp³-hybridized carbons (Fsp3) is 0.133. The van der Waals surface area contributed by atoms with Crippen LogP contribution in [0.15, 0.2) is 60.7 Å². The summed E-state index contributed by atoms with van der Waals surface area (Å²) in [6.07, 6.45) is 0. The Kier molecular flexibility index (Phi) is 7.59. The van der Waals surface area contributed by atoms with E-state index in [1.807, 2.05) is 12.1 Å². The third kappa shape index (κ3) is 5.60. The van der Waals surface area contributed by atoms with Gasteiger partial charge in [-0.2, -0.15) is 10.9 Å². The Morgan fingerprint density at radius 3 is 1.53 bits per heavy atom. The van der Waals surface area contributed by atoms with Crippen LogP contribution >= 0.6 is 23.1 Å². The second-order valence-electron chi connectivity index (χ2n) is 4.17. The molecule has 0 unspecified atom stereocenters. The van der Waals surface area contributed by atoms with E-state index in [0.717, 1.165) is 11.5 Å². The summed E-state index contributed by atoms with van der Waals surface area (Å²) in [6, 6.07) is 20.9. The first-order valence-electron chi connectivity index (χ1n) is 5.88. The van der Waals surface area contributed by atoms with Gasteiger partial charge in [0.25, 0.3) is 0 Å². The van der Waals surface area contributed by atoms with Gasteiger partial charge in [0.15, 0.2) is 0 Å². The molecule has 19 heavy (non-hydrogen) atoms. The van der Waals surface area contributed by atoms with Crippen LogP contribution in [0.3, 0.4) is 0 Å². The number of thiol groups is 1. The monoisotopic (exact) mass is 487 g/mol. The van der Waals surface area contributed by atoms with E-state index in [9.17, 15) is 0 Å². The molecular weight excluding hydrogens is 467 g/mol. The Balaban J connectivity index is 0.00000180. The summed E-state index contributed by atoms with van der Waals surface area (Å²) in [5, 5.41) is 0. The Hall–Kier alpha value is -0.437. The molecule has 1 nitrogen and oxygen atoms in total. The van der Waals surface area contributed by atoms with Crippen LogP contribution in [-0.2, 0) is 11.5 Å². The summed E-state index contributed by atoms with van der Waals surface area (Å²) >= 11 is 5.22. The predicted molar refractivity (Wildman–Crippen MR) is 96.0 cm³/mol. The van der Waals surface area contributed by atoms with Crippen molar-refractivity contribution in [3.8, 4) is 0 Å². The molecule has 102 valence electrons. The fourth-order valence-electron chi connectivity index (χ4n) is 1.82. The van der Waals surface area contributed by atoms with Crippen molar-refractivity contribution in [2.75, 3.05) is 0 Å². The third-order valence-electron chi connectivity index (χ3n) is 2.74. The van der Waals surface area contributed by atoms with Crippen LogP contribution in [0.2, 0.25) is 0 Å². The van der Waals surface area contributed by atoms with Crippen molar-refractivity contribution in [2.24, 2.45) is 5.73 Å². The SMILES string of the molecule is NC(=S)[SH](Cc1ccccc1)Cc1ccccc1.[BiH3]. The number of nitrogens with two attached hydrogens (primary N) is 1. The molecule has 0 saturated heterocycles. The minimum absolute atomic E-state index is 0. The molecule has 2 N–H and O–H groups in total. The van der Waals surface area contributed by atoms with E-state index in [1.54, 1.807) is 0 Å². The van der Waals surface area contributed by atoms with Crippen LogP contribution in [0.25, 0.3) is 0 Å². The van der Waals surface area contributed by atoms with E-state index < -0.39 is 10.9 Å². The first-order valence-corrected chi connectivity index (χ1v) is 8.00. The van der Waals surface area contributed by atoms with Gasteiger partial charge in [-0.1, -0.05) is 72.9 Å². The topological polar surface area (TPSA) is 26.0 Å². The van der Waals surface area contributed by atoms with Crippen molar-refractivity contribution in [3.05, 3.63) is 71.8 Å². The van der Waals surface area contributed by atoms with Crippen LogP contribution < -0.4 is 5.73 Å². The predicted octanol–water partition coefficient (Wildman–Crippen LogP) is 2.45. The van der Waals surface area contributed by atoms with Crippen LogP contribution in [0, 0.1) is 0 Å². The van der Waals surface area contributed by atoms with E-state index in [2.05, 4.69) is 48.5 Å². The Morgan fingerprint density at radius 1 is 0.842 bits per heavy atom.